The number of anilines is 1. The molecular weight excluding hydrogens is 276 g/mol. The minimum absolute atomic E-state index is 0.578. The Labute approximate surface area is 120 Å². The standard InChI is InChI=1S/C13H14N4O2S/c1-8-15-12(17-14)7-13(16-8)20-9-2-3-10-11(6-9)19-5-4-18-10/h2-3,6-7H,4-5,14H2,1H3,(H,15,16,17). The zero-order chi connectivity index (χ0) is 13.9. The number of hydrogen-bond donors (Lipinski definition) is 2. The summed E-state index contributed by atoms with van der Waals surface area (Å²) in [6.07, 6.45) is 0. The fraction of sp³-hybridized carbons (Fsp3) is 0.231. The third kappa shape index (κ3) is 2.78. The molecule has 2 heterocycles. The lowest BCUT2D eigenvalue weighted by atomic mass is 10.3. The largest absolute Gasteiger partial charge is 0.486 e. The number of hydrazine groups is 1. The molecule has 0 saturated carbocycles. The van der Waals surface area contributed by atoms with Gasteiger partial charge in [0.15, 0.2) is 11.5 Å². The fourth-order valence-corrected chi connectivity index (χ4v) is 2.77. The van der Waals surface area contributed by atoms with Gasteiger partial charge in [-0.25, -0.2) is 15.8 Å². The van der Waals surface area contributed by atoms with E-state index in [0.717, 1.165) is 21.4 Å². The average molecular weight is 290 g/mol. The van der Waals surface area contributed by atoms with E-state index >= 15 is 0 Å². The molecule has 20 heavy (non-hydrogen) atoms. The van der Waals surface area contributed by atoms with Gasteiger partial charge in [0.2, 0.25) is 0 Å². The molecule has 2 aromatic rings. The van der Waals surface area contributed by atoms with Crippen LogP contribution < -0.4 is 20.7 Å². The van der Waals surface area contributed by atoms with E-state index in [0.29, 0.717) is 24.9 Å². The first-order chi connectivity index (χ1) is 9.74. The first-order valence-corrected chi connectivity index (χ1v) is 6.96. The molecule has 104 valence electrons. The maximum absolute atomic E-state index is 5.57. The number of benzene rings is 1. The van der Waals surface area contributed by atoms with Crippen molar-refractivity contribution in [2.24, 2.45) is 5.84 Å². The molecule has 0 amide bonds. The highest BCUT2D eigenvalue weighted by Gasteiger charge is 2.12. The Balaban J connectivity index is 1.85. The van der Waals surface area contributed by atoms with Crippen LogP contribution in [0, 0.1) is 6.92 Å². The van der Waals surface area contributed by atoms with Crippen LogP contribution in [-0.4, -0.2) is 23.2 Å². The lowest BCUT2D eigenvalue weighted by molar-refractivity contribution is 0.171. The van der Waals surface area contributed by atoms with Crippen LogP contribution in [0.5, 0.6) is 11.5 Å². The molecule has 3 rings (SSSR count). The van der Waals surface area contributed by atoms with E-state index < -0.39 is 0 Å². The van der Waals surface area contributed by atoms with Gasteiger partial charge in [-0.1, -0.05) is 11.8 Å². The number of nitrogens with zero attached hydrogens (tertiary/aromatic N) is 2. The molecule has 1 aromatic heterocycles. The second kappa shape index (κ2) is 5.56. The summed E-state index contributed by atoms with van der Waals surface area (Å²) in [6.45, 7) is 3.00. The van der Waals surface area contributed by atoms with Gasteiger partial charge in [-0.2, -0.15) is 0 Å². The van der Waals surface area contributed by atoms with Crippen molar-refractivity contribution in [2.75, 3.05) is 18.6 Å². The Morgan fingerprint density at radius 2 is 1.95 bits per heavy atom. The number of hydrogen-bond acceptors (Lipinski definition) is 7. The number of fused-ring (bicyclic) bond motifs is 1. The van der Waals surface area contributed by atoms with Crippen molar-refractivity contribution >= 4 is 17.6 Å². The summed E-state index contributed by atoms with van der Waals surface area (Å²) in [5, 5.41) is 0.821. The predicted octanol–water partition coefficient (Wildman–Crippen LogP) is 1.99. The zero-order valence-corrected chi connectivity index (χ0v) is 11.7. The Morgan fingerprint density at radius 1 is 1.15 bits per heavy atom. The van der Waals surface area contributed by atoms with E-state index in [1.54, 1.807) is 6.07 Å². The lowest BCUT2D eigenvalue weighted by Crippen LogP contribution is -2.15. The van der Waals surface area contributed by atoms with Crippen molar-refractivity contribution in [2.45, 2.75) is 16.8 Å². The number of aryl methyl sites for hydroxylation is 1. The van der Waals surface area contributed by atoms with E-state index in [-0.39, 0.29) is 0 Å². The van der Waals surface area contributed by atoms with Gasteiger partial charge in [-0.3, -0.25) is 0 Å². The first kappa shape index (κ1) is 13.0. The summed E-state index contributed by atoms with van der Waals surface area (Å²) in [4.78, 5) is 9.56. The van der Waals surface area contributed by atoms with Crippen molar-refractivity contribution < 1.29 is 9.47 Å². The van der Waals surface area contributed by atoms with Gasteiger partial charge < -0.3 is 14.9 Å². The summed E-state index contributed by atoms with van der Waals surface area (Å²) >= 11 is 1.52. The Morgan fingerprint density at radius 3 is 2.75 bits per heavy atom. The molecule has 0 radical (unpaired) electrons. The normalized spacial score (nSPS) is 13.1. The Kier molecular flexibility index (Phi) is 3.62. The van der Waals surface area contributed by atoms with E-state index in [1.807, 2.05) is 25.1 Å². The summed E-state index contributed by atoms with van der Waals surface area (Å²) in [5.74, 6) is 8.20. The van der Waals surface area contributed by atoms with E-state index in [2.05, 4.69) is 15.4 Å². The van der Waals surface area contributed by atoms with Gasteiger partial charge in [0.25, 0.3) is 0 Å². The SMILES string of the molecule is Cc1nc(NN)cc(Sc2ccc3c(c2)OCCO3)n1. The lowest BCUT2D eigenvalue weighted by Gasteiger charge is -2.18. The number of rotatable bonds is 3. The van der Waals surface area contributed by atoms with Crippen LogP contribution in [0.15, 0.2) is 34.2 Å². The molecule has 0 atom stereocenters. The zero-order valence-electron chi connectivity index (χ0n) is 10.9. The van der Waals surface area contributed by atoms with E-state index in [9.17, 15) is 0 Å². The second-order valence-corrected chi connectivity index (χ2v) is 5.28. The van der Waals surface area contributed by atoms with Crippen molar-refractivity contribution in [3.8, 4) is 11.5 Å². The van der Waals surface area contributed by atoms with Gasteiger partial charge in [0.1, 0.15) is 29.9 Å². The molecule has 1 aromatic carbocycles. The van der Waals surface area contributed by atoms with Crippen LogP contribution in [-0.2, 0) is 0 Å². The molecular formula is C13H14N4O2S. The Bertz CT molecular complexity index is 636. The molecule has 0 saturated heterocycles. The maximum atomic E-state index is 5.57. The van der Waals surface area contributed by atoms with Crippen LogP contribution >= 0.6 is 11.8 Å². The average Bonchev–Trinajstić information content (AvgIpc) is 2.46. The quantitative estimate of drug-likeness (QED) is 0.508. The number of nitrogens with one attached hydrogen (secondary N) is 1. The van der Waals surface area contributed by atoms with Crippen LogP contribution in [0.25, 0.3) is 0 Å². The van der Waals surface area contributed by atoms with Crippen LogP contribution in [0.3, 0.4) is 0 Å². The van der Waals surface area contributed by atoms with Crippen LogP contribution in [0.4, 0.5) is 5.82 Å². The summed E-state index contributed by atoms with van der Waals surface area (Å²) < 4.78 is 11.1. The van der Waals surface area contributed by atoms with Crippen molar-refractivity contribution in [3.05, 3.63) is 30.1 Å². The molecule has 0 spiro atoms. The Hall–Kier alpha value is -1.99. The summed E-state index contributed by atoms with van der Waals surface area (Å²) in [7, 11) is 0. The third-order valence-electron chi connectivity index (χ3n) is 2.70. The first-order valence-electron chi connectivity index (χ1n) is 6.14. The minimum Gasteiger partial charge on any atom is -0.486 e. The fourth-order valence-electron chi connectivity index (χ4n) is 1.87. The molecule has 3 N–H and O–H groups in total. The molecule has 0 aliphatic carbocycles. The summed E-state index contributed by atoms with van der Waals surface area (Å²) in [5.41, 5.74) is 2.53. The monoisotopic (exact) mass is 290 g/mol. The highest BCUT2D eigenvalue weighted by Crippen LogP contribution is 2.36. The van der Waals surface area contributed by atoms with E-state index in [1.165, 1.54) is 11.8 Å². The molecule has 6 nitrogen and oxygen atoms in total. The van der Waals surface area contributed by atoms with E-state index in [4.69, 9.17) is 15.3 Å². The number of aromatic nitrogens is 2. The van der Waals surface area contributed by atoms with Crippen LogP contribution in [0.2, 0.25) is 0 Å². The molecule has 0 bridgehead atoms. The van der Waals surface area contributed by atoms with Gasteiger partial charge in [-0.05, 0) is 25.1 Å². The highest BCUT2D eigenvalue weighted by atomic mass is 32.2. The van der Waals surface area contributed by atoms with Gasteiger partial charge in [-0.15, -0.1) is 0 Å². The topological polar surface area (TPSA) is 82.3 Å². The maximum Gasteiger partial charge on any atom is 0.162 e. The minimum atomic E-state index is 0.578. The summed E-state index contributed by atoms with van der Waals surface area (Å²) in [6, 6.07) is 7.64. The second-order valence-electron chi connectivity index (χ2n) is 4.19. The predicted molar refractivity (Wildman–Crippen MR) is 76.1 cm³/mol. The van der Waals surface area contributed by atoms with Gasteiger partial charge in [0.05, 0.1) is 0 Å². The number of ether oxygens (including phenoxy) is 2. The van der Waals surface area contributed by atoms with Crippen molar-refractivity contribution in [1.82, 2.24) is 9.97 Å². The molecule has 0 fully saturated rings. The third-order valence-corrected chi connectivity index (χ3v) is 3.61. The highest BCUT2D eigenvalue weighted by molar-refractivity contribution is 7.99. The number of nitrogens with two attached hydrogens (primary N) is 1. The molecule has 0 unspecified atom stereocenters. The van der Waals surface area contributed by atoms with Crippen molar-refractivity contribution in [3.63, 3.8) is 0 Å². The van der Waals surface area contributed by atoms with Gasteiger partial charge in [0, 0.05) is 11.0 Å². The van der Waals surface area contributed by atoms with Gasteiger partial charge >= 0.3 is 0 Å². The molecule has 1 aliphatic heterocycles. The molecule has 1 aliphatic rings. The van der Waals surface area contributed by atoms with Crippen molar-refractivity contribution in [1.29, 1.82) is 0 Å². The molecule has 7 heteroatoms. The number of nitrogen functional groups attached to an aromatic ring is 1. The van der Waals surface area contributed by atoms with Crippen LogP contribution in [0.1, 0.15) is 5.82 Å². The smallest absolute Gasteiger partial charge is 0.162 e.